The van der Waals surface area contributed by atoms with E-state index in [1.807, 2.05) is 6.07 Å². The average Bonchev–Trinajstić information content (AvgIpc) is 2.85. The zero-order valence-corrected chi connectivity index (χ0v) is 13.8. The Bertz CT molecular complexity index is 851. The summed E-state index contributed by atoms with van der Waals surface area (Å²) < 4.78 is 15.8. The molecule has 1 atom stereocenters. The highest BCUT2D eigenvalue weighted by molar-refractivity contribution is 5.82. The number of benzene rings is 2. The minimum atomic E-state index is -0.256. The molecule has 4 heteroatoms. The van der Waals surface area contributed by atoms with Crippen molar-refractivity contribution in [1.82, 2.24) is 9.55 Å². The van der Waals surface area contributed by atoms with Gasteiger partial charge in [0.05, 0.1) is 11.0 Å². The summed E-state index contributed by atoms with van der Waals surface area (Å²) in [6.45, 7) is 6.91. The van der Waals surface area contributed by atoms with Gasteiger partial charge in [-0.05, 0) is 55.7 Å². The van der Waals surface area contributed by atoms with Crippen LogP contribution in [0.1, 0.15) is 24.5 Å². The summed E-state index contributed by atoms with van der Waals surface area (Å²) in [5, 5.41) is 0. The van der Waals surface area contributed by atoms with Gasteiger partial charge in [-0.15, -0.1) is 0 Å². The van der Waals surface area contributed by atoms with Crippen LogP contribution in [-0.4, -0.2) is 15.6 Å². The molecule has 0 radical (unpaired) electrons. The van der Waals surface area contributed by atoms with Gasteiger partial charge in [0, 0.05) is 18.2 Å². The third kappa shape index (κ3) is 2.99. The highest BCUT2D eigenvalue weighted by atomic mass is 19.1. The zero-order valence-electron chi connectivity index (χ0n) is 13.8. The van der Waals surface area contributed by atoms with Crippen molar-refractivity contribution in [2.45, 2.75) is 39.8 Å². The Hall–Kier alpha value is -2.20. The number of halogens is 1. The smallest absolute Gasteiger partial charge is 0.141 e. The van der Waals surface area contributed by atoms with E-state index in [0.29, 0.717) is 6.54 Å². The second kappa shape index (κ2) is 6.13. The fourth-order valence-corrected chi connectivity index (χ4v) is 2.78. The standard InChI is InChI=1S/C19H22FN3/c1-4-16(21)11-23-18-9-13(3)12(2)8-17(18)22-19(23)14-6-5-7-15(20)10-14/h5-10,16H,4,11,21H2,1-3H3. The molecular formula is C19H22FN3. The van der Waals surface area contributed by atoms with Crippen LogP contribution in [0.15, 0.2) is 36.4 Å². The first-order chi connectivity index (χ1) is 11.0. The quantitative estimate of drug-likeness (QED) is 0.785. The second-order valence-corrected chi connectivity index (χ2v) is 6.15. The summed E-state index contributed by atoms with van der Waals surface area (Å²) in [7, 11) is 0. The minimum Gasteiger partial charge on any atom is -0.326 e. The Morgan fingerprint density at radius 2 is 1.91 bits per heavy atom. The molecular weight excluding hydrogens is 289 g/mol. The van der Waals surface area contributed by atoms with Gasteiger partial charge in [0.15, 0.2) is 0 Å². The molecule has 23 heavy (non-hydrogen) atoms. The lowest BCUT2D eigenvalue weighted by molar-refractivity contribution is 0.551. The van der Waals surface area contributed by atoms with Crippen LogP contribution in [-0.2, 0) is 6.54 Å². The van der Waals surface area contributed by atoms with E-state index in [-0.39, 0.29) is 11.9 Å². The van der Waals surface area contributed by atoms with Crippen molar-refractivity contribution in [2.75, 3.05) is 0 Å². The lowest BCUT2D eigenvalue weighted by Gasteiger charge is -2.14. The molecule has 0 aliphatic rings. The predicted molar refractivity (Wildman–Crippen MR) is 92.9 cm³/mol. The van der Waals surface area contributed by atoms with Crippen molar-refractivity contribution in [2.24, 2.45) is 5.73 Å². The van der Waals surface area contributed by atoms with Crippen LogP contribution < -0.4 is 5.73 Å². The Kier molecular flexibility index (Phi) is 4.18. The minimum absolute atomic E-state index is 0.0429. The molecule has 2 aromatic carbocycles. The lowest BCUT2D eigenvalue weighted by atomic mass is 10.1. The van der Waals surface area contributed by atoms with Crippen LogP contribution in [0.25, 0.3) is 22.4 Å². The van der Waals surface area contributed by atoms with Gasteiger partial charge in [0.2, 0.25) is 0 Å². The zero-order chi connectivity index (χ0) is 16.6. The number of rotatable bonds is 4. The fourth-order valence-electron chi connectivity index (χ4n) is 2.78. The Morgan fingerprint density at radius 3 is 2.61 bits per heavy atom. The van der Waals surface area contributed by atoms with Gasteiger partial charge >= 0.3 is 0 Å². The van der Waals surface area contributed by atoms with Crippen LogP contribution >= 0.6 is 0 Å². The largest absolute Gasteiger partial charge is 0.326 e. The molecule has 0 aliphatic carbocycles. The highest BCUT2D eigenvalue weighted by Gasteiger charge is 2.16. The lowest BCUT2D eigenvalue weighted by Crippen LogP contribution is -2.25. The van der Waals surface area contributed by atoms with Crippen molar-refractivity contribution < 1.29 is 4.39 Å². The summed E-state index contributed by atoms with van der Waals surface area (Å²) in [5.41, 5.74) is 11.4. The number of imidazole rings is 1. The third-order valence-electron chi connectivity index (χ3n) is 4.39. The van der Waals surface area contributed by atoms with Crippen LogP contribution in [0.2, 0.25) is 0 Å². The number of nitrogens with zero attached hydrogens (tertiary/aromatic N) is 2. The van der Waals surface area contributed by atoms with Crippen molar-refractivity contribution in [3.8, 4) is 11.4 Å². The maximum Gasteiger partial charge on any atom is 0.141 e. The molecule has 2 N–H and O–H groups in total. The van der Waals surface area contributed by atoms with E-state index < -0.39 is 0 Å². The fraction of sp³-hybridized carbons (Fsp3) is 0.316. The van der Waals surface area contributed by atoms with E-state index in [2.05, 4.69) is 37.5 Å². The predicted octanol–water partition coefficient (Wildman–Crippen LogP) is 4.20. The molecule has 0 saturated carbocycles. The summed E-state index contributed by atoms with van der Waals surface area (Å²) in [5.74, 6) is 0.515. The van der Waals surface area contributed by atoms with Gasteiger partial charge in [-0.25, -0.2) is 9.37 Å². The first kappa shape index (κ1) is 15.7. The molecule has 0 spiro atoms. The van der Waals surface area contributed by atoms with Crippen molar-refractivity contribution >= 4 is 11.0 Å². The molecule has 3 aromatic rings. The van der Waals surface area contributed by atoms with E-state index >= 15 is 0 Å². The molecule has 1 heterocycles. The number of hydrogen-bond acceptors (Lipinski definition) is 2. The van der Waals surface area contributed by atoms with E-state index in [1.54, 1.807) is 6.07 Å². The maximum absolute atomic E-state index is 13.6. The summed E-state index contributed by atoms with van der Waals surface area (Å²) in [6, 6.07) is 10.8. The topological polar surface area (TPSA) is 43.8 Å². The molecule has 3 nitrogen and oxygen atoms in total. The van der Waals surface area contributed by atoms with E-state index in [4.69, 9.17) is 10.7 Å². The maximum atomic E-state index is 13.6. The van der Waals surface area contributed by atoms with E-state index in [0.717, 1.165) is 28.8 Å². The summed E-state index contributed by atoms with van der Waals surface area (Å²) in [6.07, 6.45) is 0.882. The molecule has 0 saturated heterocycles. The molecule has 0 aliphatic heterocycles. The van der Waals surface area contributed by atoms with Crippen LogP contribution in [0, 0.1) is 19.7 Å². The highest BCUT2D eigenvalue weighted by Crippen LogP contribution is 2.27. The first-order valence-corrected chi connectivity index (χ1v) is 7.98. The van der Waals surface area contributed by atoms with Gasteiger partial charge in [-0.3, -0.25) is 0 Å². The van der Waals surface area contributed by atoms with Gasteiger partial charge in [-0.2, -0.15) is 0 Å². The first-order valence-electron chi connectivity index (χ1n) is 7.98. The number of nitrogens with two attached hydrogens (primary N) is 1. The molecule has 120 valence electrons. The van der Waals surface area contributed by atoms with Crippen molar-refractivity contribution in [1.29, 1.82) is 0 Å². The molecule has 0 fully saturated rings. The van der Waals surface area contributed by atoms with Crippen molar-refractivity contribution in [3.05, 3.63) is 53.3 Å². The monoisotopic (exact) mass is 311 g/mol. The normalized spacial score (nSPS) is 12.7. The molecule has 1 unspecified atom stereocenters. The van der Waals surface area contributed by atoms with E-state index in [9.17, 15) is 4.39 Å². The SMILES string of the molecule is CCC(N)Cn1c(-c2cccc(F)c2)nc2cc(C)c(C)cc21. The average molecular weight is 311 g/mol. The molecule has 1 aromatic heterocycles. The molecule has 0 bridgehead atoms. The van der Waals surface area contributed by atoms with Gasteiger partial charge < -0.3 is 10.3 Å². The van der Waals surface area contributed by atoms with Gasteiger partial charge in [-0.1, -0.05) is 19.1 Å². The number of aryl methyl sites for hydroxylation is 2. The van der Waals surface area contributed by atoms with Gasteiger partial charge in [0.1, 0.15) is 11.6 Å². The van der Waals surface area contributed by atoms with Crippen molar-refractivity contribution in [3.63, 3.8) is 0 Å². The van der Waals surface area contributed by atoms with Gasteiger partial charge in [0.25, 0.3) is 0 Å². The Balaban J connectivity index is 2.24. The summed E-state index contributed by atoms with van der Waals surface area (Å²) in [4.78, 5) is 4.75. The van der Waals surface area contributed by atoms with E-state index in [1.165, 1.54) is 23.3 Å². The molecule has 0 amide bonds. The Labute approximate surface area is 136 Å². The number of fused-ring (bicyclic) bond motifs is 1. The van der Waals surface area contributed by atoms with Crippen LogP contribution in [0.3, 0.4) is 0 Å². The molecule has 3 rings (SSSR count). The third-order valence-corrected chi connectivity index (χ3v) is 4.39. The van der Waals surface area contributed by atoms with Crippen LogP contribution in [0.5, 0.6) is 0 Å². The summed E-state index contributed by atoms with van der Waals surface area (Å²) >= 11 is 0. The Morgan fingerprint density at radius 1 is 1.17 bits per heavy atom. The number of hydrogen-bond donors (Lipinski definition) is 1. The number of aromatic nitrogens is 2. The second-order valence-electron chi connectivity index (χ2n) is 6.15. The van der Waals surface area contributed by atoms with Crippen LogP contribution in [0.4, 0.5) is 4.39 Å².